The largest absolute Gasteiger partial charge is 0.346 e. The van der Waals surface area contributed by atoms with Gasteiger partial charge in [0, 0.05) is 32.0 Å². The van der Waals surface area contributed by atoms with Crippen LogP contribution < -0.4 is 5.32 Å². The number of pyridine rings is 1. The summed E-state index contributed by atoms with van der Waals surface area (Å²) in [6.07, 6.45) is 3.37. The first-order chi connectivity index (χ1) is 7.27. The summed E-state index contributed by atoms with van der Waals surface area (Å²) in [5.41, 5.74) is 0.931. The fourth-order valence-electron chi connectivity index (χ4n) is 1.49. The van der Waals surface area contributed by atoms with Crippen LogP contribution in [0.1, 0.15) is 5.56 Å². The smallest absolute Gasteiger partial charge is 0.312 e. The van der Waals surface area contributed by atoms with E-state index < -0.39 is 11.8 Å². The lowest BCUT2D eigenvalue weighted by molar-refractivity contribution is -0.148. The number of carbonyl (C=O) groups excluding carboxylic acids is 2. The van der Waals surface area contributed by atoms with Crippen molar-refractivity contribution in [1.82, 2.24) is 15.2 Å². The summed E-state index contributed by atoms with van der Waals surface area (Å²) < 4.78 is 0. The molecule has 0 atom stereocenters. The second-order valence-electron chi connectivity index (χ2n) is 3.34. The van der Waals surface area contributed by atoms with Crippen LogP contribution in [-0.4, -0.2) is 34.8 Å². The van der Waals surface area contributed by atoms with Gasteiger partial charge in [-0.1, -0.05) is 6.07 Å². The molecule has 2 amide bonds. The molecule has 1 aliphatic rings. The highest BCUT2D eigenvalue weighted by Crippen LogP contribution is 2.04. The molecule has 0 aliphatic carbocycles. The minimum Gasteiger partial charge on any atom is -0.346 e. The first-order valence-electron chi connectivity index (χ1n) is 4.73. The van der Waals surface area contributed by atoms with Gasteiger partial charge in [0.2, 0.25) is 0 Å². The summed E-state index contributed by atoms with van der Waals surface area (Å²) in [6, 6.07) is 3.69. The second-order valence-corrected chi connectivity index (χ2v) is 3.34. The Kier molecular flexibility index (Phi) is 2.62. The maximum absolute atomic E-state index is 11.4. The van der Waals surface area contributed by atoms with Gasteiger partial charge in [0.15, 0.2) is 0 Å². The Balaban J connectivity index is 2.06. The van der Waals surface area contributed by atoms with Crippen molar-refractivity contribution in [1.29, 1.82) is 0 Å². The maximum atomic E-state index is 11.4. The highest BCUT2D eigenvalue weighted by Gasteiger charge is 2.25. The normalized spacial score (nSPS) is 16.4. The number of rotatable bonds is 2. The molecule has 0 aromatic carbocycles. The van der Waals surface area contributed by atoms with Gasteiger partial charge in [-0.25, -0.2) is 0 Å². The lowest BCUT2D eigenvalue weighted by Crippen LogP contribution is -2.51. The van der Waals surface area contributed by atoms with Gasteiger partial charge < -0.3 is 10.2 Å². The molecule has 0 saturated carbocycles. The standard InChI is InChI=1S/C10H11N3O2/c14-9-10(15)13(5-4-12-9)7-8-2-1-3-11-6-8/h1-3,6H,4-5,7H2,(H,12,14). The van der Waals surface area contributed by atoms with Crippen LogP contribution in [0.2, 0.25) is 0 Å². The first kappa shape index (κ1) is 9.64. The lowest BCUT2D eigenvalue weighted by Gasteiger charge is -2.26. The number of nitrogens with one attached hydrogen (secondary N) is 1. The number of hydrogen-bond acceptors (Lipinski definition) is 3. The van der Waals surface area contributed by atoms with Gasteiger partial charge in [0.1, 0.15) is 0 Å². The van der Waals surface area contributed by atoms with Crippen LogP contribution in [0.3, 0.4) is 0 Å². The summed E-state index contributed by atoms with van der Waals surface area (Å²) in [4.78, 5) is 28.0. The predicted octanol–water partition coefficient (Wildman–Crippen LogP) is -0.460. The Labute approximate surface area is 87.1 Å². The zero-order chi connectivity index (χ0) is 10.7. The Morgan fingerprint density at radius 1 is 1.47 bits per heavy atom. The van der Waals surface area contributed by atoms with Gasteiger partial charge in [0.05, 0.1) is 0 Å². The van der Waals surface area contributed by atoms with Crippen molar-refractivity contribution in [3.63, 3.8) is 0 Å². The second kappa shape index (κ2) is 4.08. The van der Waals surface area contributed by atoms with Crippen LogP contribution in [-0.2, 0) is 16.1 Å². The van der Waals surface area contributed by atoms with Crippen molar-refractivity contribution in [2.75, 3.05) is 13.1 Å². The summed E-state index contributed by atoms with van der Waals surface area (Å²) in [6.45, 7) is 1.52. The van der Waals surface area contributed by atoms with E-state index in [0.717, 1.165) is 5.56 Å². The quantitative estimate of drug-likeness (QED) is 0.664. The molecule has 0 bridgehead atoms. The van der Waals surface area contributed by atoms with Gasteiger partial charge in [-0.2, -0.15) is 0 Å². The number of piperazine rings is 1. The fraction of sp³-hybridized carbons (Fsp3) is 0.300. The summed E-state index contributed by atoms with van der Waals surface area (Å²) in [7, 11) is 0. The van der Waals surface area contributed by atoms with E-state index in [1.807, 2.05) is 12.1 Å². The molecule has 1 aromatic rings. The molecule has 5 nitrogen and oxygen atoms in total. The summed E-state index contributed by atoms with van der Waals surface area (Å²) in [5, 5.41) is 2.50. The predicted molar refractivity (Wildman–Crippen MR) is 52.7 cm³/mol. The van der Waals surface area contributed by atoms with Crippen LogP contribution in [0.25, 0.3) is 0 Å². The Morgan fingerprint density at radius 2 is 2.33 bits per heavy atom. The third-order valence-corrected chi connectivity index (χ3v) is 2.24. The van der Waals surface area contributed by atoms with E-state index in [9.17, 15) is 9.59 Å². The number of hydrogen-bond donors (Lipinski definition) is 1. The van der Waals surface area contributed by atoms with Crippen molar-refractivity contribution in [2.24, 2.45) is 0 Å². The first-order valence-corrected chi connectivity index (χ1v) is 4.73. The molecule has 1 N–H and O–H groups in total. The summed E-state index contributed by atoms with van der Waals surface area (Å²) >= 11 is 0. The molecule has 0 unspecified atom stereocenters. The van der Waals surface area contributed by atoms with E-state index in [0.29, 0.717) is 19.6 Å². The van der Waals surface area contributed by atoms with Crippen LogP contribution in [0.15, 0.2) is 24.5 Å². The molecule has 2 heterocycles. The number of carbonyl (C=O) groups is 2. The molecule has 1 aromatic heterocycles. The molecule has 0 radical (unpaired) electrons. The lowest BCUT2D eigenvalue weighted by atomic mass is 10.2. The van der Waals surface area contributed by atoms with Crippen LogP contribution in [0, 0.1) is 0 Å². The Morgan fingerprint density at radius 3 is 3.07 bits per heavy atom. The molecule has 1 aliphatic heterocycles. The molecule has 5 heteroatoms. The molecule has 0 spiro atoms. The molecule has 1 saturated heterocycles. The Hall–Kier alpha value is -1.91. The van der Waals surface area contributed by atoms with Gasteiger partial charge in [-0.05, 0) is 11.6 Å². The van der Waals surface area contributed by atoms with Crippen molar-refractivity contribution < 1.29 is 9.59 Å². The van der Waals surface area contributed by atoms with Gasteiger partial charge in [0.25, 0.3) is 0 Å². The molecular weight excluding hydrogens is 194 g/mol. The van der Waals surface area contributed by atoms with E-state index in [1.165, 1.54) is 4.90 Å². The Bertz CT molecular complexity index is 378. The molecular formula is C10H11N3O2. The fourth-order valence-corrected chi connectivity index (χ4v) is 1.49. The van der Waals surface area contributed by atoms with Gasteiger partial charge >= 0.3 is 11.8 Å². The molecule has 15 heavy (non-hydrogen) atoms. The average molecular weight is 205 g/mol. The molecule has 78 valence electrons. The van der Waals surface area contributed by atoms with E-state index >= 15 is 0 Å². The topological polar surface area (TPSA) is 62.3 Å². The van der Waals surface area contributed by atoms with Gasteiger partial charge in [-0.15, -0.1) is 0 Å². The SMILES string of the molecule is O=C1NCCN(Cc2cccnc2)C1=O. The van der Waals surface area contributed by atoms with Crippen LogP contribution in [0.4, 0.5) is 0 Å². The van der Waals surface area contributed by atoms with Crippen LogP contribution in [0.5, 0.6) is 0 Å². The van der Waals surface area contributed by atoms with Crippen molar-refractivity contribution in [3.8, 4) is 0 Å². The molecule has 1 fully saturated rings. The number of amides is 2. The zero-order valence-corrected chi connectivity index (χ0v) is 8.14. The summed E-state index contributed by atoms with van der Waals surface area (Å²) in [5.74, 6) is -0.991. The van der Waals surface area contributed by atoms with E-state index in [4.69, 9.17) is 0 Å². The number of aromatic nitrogens is 1. The van der Waals surface area contributed by atoms with Crippen molar-refractivity contribution in [2.45, 2.75) is 6.54 Å². The van der Waals surface area contributed by atoms with E-state index in [2.05, 4.69) is 10.3 Å². The number of nitrogens with zero attached hydrogens (tertiary/aromatic N) is 2. The highest BCUT2D eigenvalue weighted by molar-refractivity contribution is 6.35. The minimum atomic E-state index is -0.523. The average Bonchev–Trinajstić information content (AvgIpc) is 2.26. The monoisotopic (exact) mass is 205 g/mol. The van der Waals surface area contributed by atoms with Crippen molar-refractivity contribution >= 4 is 11.8 Å². The van der Waals surface area contributed by atoms with Crippen LogP contribution >= 0.6 is 0 Å². The van der Waals surface area contributed by atoms with E-state index in [-0.39, 0.29) is 0 Å². The third-order valence-electron chi connectivity index (χ3n) is 2.24. The van der Waals surface area contributed by atoms with Gasteiger partial charge in [-0.3, -0.25) is 14.6 Å². The maximum Gasteiger partial charge on any atom is 0.312 e. The van der Waals surface area contributed by atoms with E-state index in [1.54, 1.807) is 12.4 Å². The molecule has 2 rings (SSSR count). The zero-order valence-electron chi connectivity index (χ0n) is 8.14. The van der Waals surface area contributed by atoms with Crippen molar-refractivity contribution in [3.05, 3.63) is 30.1 Å². The minimum absolute atomic E-state index is 0.445. The third kappa shape index (κ3) is 2.12. The highest BCUT2D eigenvalue weighted by atomic mass is 16.2.